The van der Waals surface area contributed by atoms with E-state index in [4.69, 9.17) is 9.47 Å². The highest BCUT2D eigenvalue weighted by molar-refractivity contribution is 7.18. The van der Waals surface area contributed by atoms with Crippen LogP contribution in [0.1, 0.15) is 96.1 Å². The van der Waals surface area contributed by atoms with Crippen LogP contribution in [0.5, 0.6) is 0 Å². The first-order valence-corrected chi connectivity index (χ1v) is 13.2. The minimum absolute atomic E-state index is 0.144. The molecule has 0 aliphatic carbocycles. The number of Topliss-reactive ketones (excluding diaryl/α,β-unsaturated/α-hetero) is 1. The van der Waals surface area contributed by atoms with Crippen LogP contribution in [0.25, 0.3) is 10.2 Å². The number of carbonyl (C=O) groups excluding carboxylic acids is 2. The van der Waals surface area contributed by atoms with Crippen molar-refractivity contribution in [1.82, 2.24) is 4.98 Å². The molecule has 3 atom stereocenters. The van der Waals surface area contributed by atoms with E-state index in [-0.39, 0.29) is 29.9 Å². The fourth-order valence-corrected chi connectivity index (χ4v) is 6.15. The molecular formula is C27H37NO4S. The van der Waals surface area contributed by atoms with E-state index < -0.39 is 11.0 Å². The van der Waals surface area contributed by atoms with E-state index in [1.54, 1.807) is 11.3 Å². The molecule has 2 aliphatic heterocycles. The molecule has 0 N–H and O–H groups in total. The van der Waals surface area contributed by atoms with Gasteiger partial charge in [-0.05, 0) is 57.7 Å². The highest BCUT2D eigenvalue weighted by Gasteiger charge is 2.68. The van der Waals surface area contributed by atoms with Crippen molar-refractivity contribution in [1.29, 1.82) is 0 Å². The summed E-state index contributed by atoms with van der Waals surface area (Å²) in [6.07, 6.45) is 7.20. The zero-order chi connectivity index (χ0) is 23.9. The van der Waals surface area contributed by atoms with Gasteiger partial charge in [0.1, 0.15) is 17.0 Å². The number of carbonyl (C=O) groups is 2. The van der Waals surface area contributed by atoms with Gasteiger partial charge in [-0.2, -0.15) is 0 Å². The Bertz CT molecular complexity index is 1040. The van der Waals surface area contributed by atoms with Crippen LogP contribution in [0.2, 0.25) is 0 Å². The number of aromatic nitrogens is 1. The number of fused-ring (bicyclic) bond motifs is 2. The molecule has 3 unspecified atom stereocenters. The molecule has 180 valence electrons. The molecule has 2 aromatic rings. The zero-order valence-corrected chi connectivity index (χ0v) is 21.5. The van der Waals surface area contributed by atoms with Gasteiger partial charge in [0.05, 0.1) is 21.3 Å². The third kappa shape index (κ3) is 4.61. The van der Waals surface area contributed by atoms with Crippen molar-refractivity contribution in [2.24, 2.45) is 5.41 Å². The lowest BCUT2D eigenvalue weighted by molar-refractivity contribution is -0.181. The van der Waals surface area contributed by atoms with Gasteiger partial charge < -0.3 is 9.47 Å². The number of epoxide rings is 1. The van der Waals surface area contributed by atoms with Crippen molar-refractivity contribution < 1.29 is 19.1 Å². The predicted molar refractivity (Wildman–Crippen MR) is 131 cm³/mol. The molecule has 0 amide bonds. The van der Waals surface area contributed by atoms with E-state index in [1.165, 1.54) is 0 Å². The molecule has 2 aliphatic rings. The van der Waals surface area contributed by atoms with E-state index in [0.717, 1.165) is 52.9 Å². The second-order valence-corrected chi connectivity index (χ2v) is 11.8. The minimum atomic E-state index is -0.902. The summed E-state index contributed by atoms with van der Waals surface area (Å²) in [5, 5.41) is 1.02. The lowest BCUT2D eigenvalue weighted by atomic mass is 9.63. The second-order valence-electron chi connectivity index (χ2n) is 10.6. The normalized spacial score (nSPS) is 31.7. The van der Waals surface area contributed by atoms with Crippen molar-refractivity contribution in [3.8, 4) is 0 Å². The number of rotatable bonds is 1. The van der Waals surface area contributed by atoms with Crippen molar-refractivity contribution in [2.45, 2.75) is 110 Å². The summed E-state index contributed by atoms with van der Waals surface area (Å²) in [5.41, 5.74) is 0.0967. The molecule has 0 radical (unpaired) electrons. The topological polar surface area (TPSA) is 68.8 Å². The maximum atomic E-state index is 13.1. The molecule has 33 heavy (non-hydrogen) atoms. The van der Waals surface area contributed by atoms with E-state index >= 15 is 0 Å². The first-order chi connectivity index (χ1) is 15.6. The van der Waals surface area contributed by atoms with E-state index in [1.807, 2.05) is 13.8 Å². The largest absolute Gasteiger partial charge is 0.454 e. The van der Waals surface area contributed by atoms with E-state index in [9.17, 15) is 9.59 Å². The molecule has 5 nitrogen and oxygen atoms in total. The smallest absolute Gasteiger partial charge is 0.306 e. The third-order valence-electron chi connectivity index (χ3n) is 8.25. The third-order valence-corrected chi connectivity index (χ3v) is 9.20. The summed E-state index contributed by atoms with van der Waals surface area (Å²) in [6.45, 7) is 10.5. The van der Waals surface area contributed by atoms with Crippen LogP contribution in [0.3, 0.4) is 0 Å². The van der Waals surface area contributed by atoms with Gasteiger partial charge in [0.15, 0.2) is 0 Å². The molecule has 0 spiro atoms. The van der Waals surface area contributed by atoms with Gasteiger partial charge in [-0.1, -0.05) is 39.2 Å². The summed E-state index contributed by atoms with van der Waals surface area (Å²) < 4.78 is 13.8. The van der Waals surface area contributed by atoms with Gasteiger partial charge in [-0.25, -0.2) is 4.98 Å². The number of cyclic esters (lactones) is 1. The van der Waals surface area contributed by atoms with Crippen LogP contribution in [-0.2, 0) is 24.7 Å². The van der Waals surface area contributed by atoms with Crippen LogP contribution in [-0.4, -0.2) is 28.4 Å². The number of benzene rings is 1. The molecule has 4 rings (SSSR count). The van der Waals surface area contributed by atoms with Gasteiger partial charge in [-0.15, -0.1) is 11.3 Å². The molecular weight excluding hydrogens is 434 g/mol. The standard InChI is InChI=1S/C27H37NO4S/c1-18-28-21-17-19(15-16-22(21)33-18)26(4)25(2,3)27(5)23(31-27)13-9-7-6-8-11-20(29)12-10-14-24(30)32-26/h15-17,23H,6-14H2,1-5H3. The fourth-order valence-electron chi connectivity index (χ4n) is 5.35. The summed E-state index contributed by atoms with van der Waals surface area (Å²) >= 11 is 1.67. The van der Waals surface area contributed by atoms with Crippen LogP contribution in [0.4, 0.5) is 0 Å². The predicted octanol–water partition coefficient (Wildman–Crippen LogP) is 6.64. The Hall–Kier alpha value is -1.79. The lowest BCUT2D eigenvalue weighted by Crippen LogP contribution is -2.52. The van der Waals surface area contributed by atoms with Crippen molar-refractivity contribution in [3.05, 3.63) is 28.8 Å². The van der Waals surface area contributed by atoms with Crippen LogP contribution in [0, 0.1) is 12.3 Å². The van der Waals surface area contributed by atoms with Crippen molar-refractivity contribution >= 4 is 33.3 Å². The van der Waals surface area contributed by atoms with Crippen molar-refractivity contribution in [3.63, 3.8) is 0 Å². The summed E-state index contributed by atoms with van der Waals surface area (Å²) in [6, 6.07) is 6.21. The Labute approximate surface area is 201 Å². The van der Waals surface area contributed by atoms with Crippen molar-refractivity contribution in [2.75, 3.05) is 0 Å². The Kier molecular flexibility index (Phi) is 6.71. The number of nitrogens with zero attached hydrogens (tertiary/aromatic N) is 1. The number of esters is 1. The first-order valence-electron chi connectivity index (χ1n) is 12.4. The quantitative estimate of drug-likeness (QED) is 0.344. The Morgan fingerprint density at radius 2 is 1.70 bits per heavy atom. The average Bonchev–Trinajstić information content (AvgIpc) is 3.27. The van der Waals surface area contributed by atoms with Crippen LogP contribution < -0.4 is 0 Å². The number of ketones is 1. The van der Waals surface area contributed by atoms with Gasteiger partial charge in [-0.3, -0.25) is 9.59 Å². The summed E-state index contributed by atoms with van der Waals surface area (Å²) in [5.74, 6) is -0.0127. The van der Waals surface area contributed by atoms with Crippen LogP contribution in [0.15, 0.2) is 18.2 Å². The molecule has 0 saturated carbocycles. The van der Waals surface area contributed by atoms with Gasteiger partial charge in [0.25, 0.3) is 0 Å². The highest BCUT2D eigenvalue weighted by atomic mass is 32.1. The van der Waals surface area contributed by atoms with Gasteiger partial charge in [0.2, 0.25) is 0 Å². The average molecular weight is 472 g/mol. The number of hydrogen-bond acceptors (Lipinski definition) is 6. The molecule has 3 heterocycles. The fraction of sp³-hybridized carbons (Fsp3) is 0.667. The Morgan fingerprint density at radius 1 is 0.970 bits per heavy atom. The number of aryl methyl sites for hydroxylation is 1. The van der Waals surface area contributed by atoms with E-state index in [2.05, 4.69) is 44.0 Å². The number of hydrogen-bond donors (Lipinski definition) is 0. The SMILES string of the molecule is Cc1nc2cc(C3(C)OC(=O)CCCC(=O)CCCCCCC4OC4(C)C3(C)C)ccc2s1. The number of thiazole rings is 1. The van der Waals surface area contributed by atoms with Gasteiger partial charge in [0, 0.05) is 24.7 Å². The van der Waals surface area contributed by atoms with Gasteiger partial charge >= 0.3 is 5.97 Å². The molecule has 0 bridgehead atoms. The molecule has 2 fully saturated rings. The molecule has 1 aromatic carbocycles. The molecule has 2 saturated heterocycles. The maximum absolute atomic E-state index is 13.1. The summed E-state index contributed by atoms with van der Waals surface area (Å²) in [4.78, 5) is 29.9. The zero-order valence-electron chi connectivity index (χ0n) is 20.7. The Morgan fingerprint density at radius 3 is 2.48 bits per heavy atom. The van der Waals surface area contributed by atoms with Crippen LogP contribution >= 0.6 is 11.3 Å². The minimum Gasteiger partial charge on any atom is -0.454 e. The lowest BCUT2D eigenvalue weighted by Gasteiger charge is -2.46. The van der Waals surface area contributed by atoms with E-state index in [0.29, 0.717) is 19.3 Å². The highest BCUT2D eigenvalue weighted by Crippen LogP contribution is 2.60. The second kappa shape index (κ2) is 9.10. The molecule has 6 heteroatoms. The monoisotopic (exact) mass is 471 g/mol. The molecule has 1 aromatic heterocycles. The Balaban J connectivity index is 1.69. The summed E-state index contributed by atoms with van der Waals surface area (Å²) in [7, 11) is 0. The maximum Gasteiger partial charge on any atom is 0.306 e. The number of ether oxygens (including phenoxy) is 2. The first kappa shape index (κ1) is 24.3.